The Balaban J connectivity index is 2.16. The molecule has 0 atom stereocenters. The van der Waals surface area contributed by atoms with Gasteiger partial charge in [-0.05, 0) is 50.3 Å². The monoisotopic (exact) mass is 283 g/mol. The molecule has 0 radical (unpaired) electrons. The Morgan fingerprint density at radius 3 is 2.74 bits per heavy atom. The fourth-order valence-corrected chi connectivity index (χ4v) is 2.72. The summed E-state index contributed by atoms with van der Waals surface area (Å²) in [6.45, 7) is 6.45. The summed E-state index contributed by atoms with van der Waals surface area (Å²) in [4.78, 5) is 0. The summed E-state index contributed by atoms with van der Waals surface area (Å²) in [5.74, 6) is 1.29. The normalized spacial score (nSPS) is 11.4. The van der Waals surface area contributed by atoms with Gasteiger partial charge < -0.3 is 5.32 Å². The summed E-state index contributed by atoms with van der Waals surface area (Å²) in [5.41, 5.74) is 1.16. The summed E-state index contributed by atoms with van der Waals surface area (Å²) in [5, 5.41) is 8.13. The molecule has 0 saturated carbocycles. The van der Waals surface area contributed by atoms with Crippen molar-refractivity contribution in [2.45, 2.75) is 58.5 Å². The largest absolute Gasteiger partial charge is 0.311 e. The van der Waals surface area contributed by atoms with E-state index in [1.165, 1.54) is 25.0 Å². The van der Waals surface area contributed by atoms with E-state index in [0.717, 1.165) is 31.6 Å². The first-order chi connectivity index (χ1) is 9.31. The van der Waals surface area contributed by atoms with Crippen LogP contribution >= 0.6 is 11.8 Å². The van der Waals surface area contributed by atoms with Gasteiger partial charge in [0.25, 0.3) is 0 Å². The Hall–Kier alpha value is -0.480. The number of aromatic nitrogens is 2. The van der Waals surface area contributed by atoms with Crippen LogP contribution in [0.5, 0.6) is 0 Å². The van der Waals surface area contributed by atoms with E-state index in [9.17, 15) is 0 Å². The van der Waals surface area contributed by atoms with Gasteiger partial charge in [0.2, 0.25) is 0 Å². The summed E-state index contributed by atoms with van der Waals surface area (Å²) in [6.07, 6.45) is 10.5. The van der Waals surface area contributed by atoms with Crippen molar-refractivity contribution < 1.29 is 0 Å². The number of hydrogen-bond donors (Lipinski definition) is 1. The molecule has 19 heavy (non-hydrogen) atoms. The van der Waals surface area contributed by atoms with Gasteiger partial charge in [0.1, 0.15) is 0 Å². The van der Waals surface area contributed by atoms with Crippen LogP contribution in [-0.2, 0) is 6.54 Å². The smallest absolute Gasteiger partial charge is 0.0762 e. The molecule has 0 bridgehead atoms. The zero-order valence-corrected chi connectivity index (χ0v) is 13.5. The molecule has 0 saturated heterocycles. The molecule has 0 aliphatic carbocycles. The predicted molar refractivity (Wildman–Crippen MR) is 85.8 cm³/mol. The Morgan fingerprint density at radius 2 is 2.05 bits per heavy atom. The van der Waals surface area contributed by atoms with Crippen LogP contribution in [0.15, 0.2) is 12.3 Å². The summed E-state index contributed by atoms with van der Waals surface area (Å²) in [6, 6.07) is 2.69. The highest BCUT2D eigenvalue weighted by Crippen LogP contribution is 2.14. The van der Waals surface area contributed by atoms with Gasteiger partial charge in [0.05, 0.1) is 11.7 Å². The second-order valence-electron chi connectivity index (χ2n) is 4.99. The van der Waals surface area contributed by atoms with Crippen LogP contribution in [0.2, 0.25) is 0 Å². The standard InChI is InChI=1S/C15H29N3S/c1-4-15(5-2)18-11-9-14(17-18)13-16-10-7-6-8-12-19-3/h9,11,15-16H,4-8,10,12-13H2,1-3H3. The Labute approximate surface area is 122 Å². The molecule has 110 valence electrons. The lowest BCUT2D eigenvalue weighted by Crippen LogP contribution is -2.16. The minimum absolute atomic E-state index is 0.556. The number of rotatable bonds is 11. The quantitative estimate of drug-likeness (QED) is 0.625. The fraction of sp³-hybridized carbons (Fsp3) is 0.800. The van der Waals surface area contributed by atoms with Crippen molar-refractivity contribution in [2.24, 2.45) is 0 Å². The molecule has 3 nitrogen and oxygen atoms in total. The molecular weight excluding hydrogens is 254 g/mol. The van der Waals surface area contributed by atoms with Crippen molar-refractivity contribution in [1.29, 1.82) is 0 Å². The van der Waals surface area contributed by atoms with Gasteiger partial charge in [-0.25, -0.2) is 0 Å². The maximum Gasteiger partial charge on any atom is 0.0762 e. The predicted octanol–water partition coefficient (Wildman–Crippen LogP) is 3.87. The van der Waals surface area contributed by atoms with Crippen molar-refractivity contribution in [2.75, 3.05) is 18.6 Å². The van der Waals surface area contributed by atoms with E-state index in [1.807, 2.05) is 11.8 Å². The van der Waals surface area contributed by atoms with E-state index in [-0.39, 0.29) is 0 Å². The molecular formula is C15H29N3S. The number of hydrogen-bond acceptors (Lipinski definition) is 3. The third-order valence-corrected chi connectivity index (χ3v) is 4.19. The molecule has 0 fully saturated rings. The zero-order valence-electron chi connectivity index (χ0n) is 12.7. The molecule has 0 spiro atoms. The van der Waals surface area contributed by atoms with E-state index in [1.54, 1.807) is 0 Å². The SMILES string of the molecule is CCC(CC)n1ccc(CNCCCCCSC)n1. The lowest BCUT2D eigenvalue weighted by molar-refractivity contribution is 0.424. The molecule has 1 aromatic heterocycles. The maximum atomic E-state index is 4.65. The molecule has 1 N–H and O–H groups in total. The lowest BCUT2D eigenvalue weighted by atomic mass is 10.2. The van der Waals surface area contributed by atoms with Gasteiger partial charge >= 0.3 is 0 Å². The number of unbranched alkanes of at least 4 members (excludes halogenated alkanes) is 2. The molecule has 1 rings (SSSR count). The van der Waals surface area contributed by atoms with Gasteiger partial charge in [0.15, 0.2) is 0 Å². The number of nitrogens with zero attached hydrogens (tertiary/aromatic N) is 2. The van der Waals surface area contributed by atoms with E-state index in [0.29, 0.717) is 6.04 Å². The van der Waals surface area contributed by atoms with Crippen LogP contribution in [0.3, 0.4) is 0 Å². The summed E-state index contributed by atoms with van der Waals surface area (Å²) in [7, 11) is 0. The van der Waals surface area contributed by atoms with Gasteiger partial charge in [-0.15, -0.1) is 0 Å². The maximum absolute atomic E-state index is 4.65. The van der Waals surface area contributed by atoms with Crippen LogP contribution in [0, 0.1) is 0 Å². The first kappa shape index (κ1) is 16.6. The van der Waals surface area contributed by atoms with Crippen LogP contribution in [-0.4, -0.2) is 28.3 Å². The van der Waals surface area contributed by atoms with Gasteiger partial charge in [-0.2, -0.15) is 16.9 Å². The van der Waals surface area contributed by atoms with Crippen molar-refractivity contribution in [3.05, 3.63) is 18.0 Å². The summed E-state index contributed by atoms with van der Waals surface area (Å²) < 4.78 is 2.12. The fourth-order valence-electron chi connectivity index (χ4n) is 2.23. The number of nitrogens with one attached hydrogen (secondary N) is 1. The lowest BCUT2D eigenvalue weighted by Gasteiger charge is -2.12. The van der Waals surface area contributed by atoms with Gasteiger partial charge in [-0.3, -0.25) is 4.68 Å². The molecule has 0 unspecified atom stereocenters. The number of thioether (sulfide) groups is 1. The van der Waals surface area contributed by atoms with Crippen molar-refractivity contribution in [1.82, 2.24) is 15.1 Å². The van der Waals surface area contributed by atoms with E-state index in [4.69, 9.17) is 0 Å². The van der Waals surface area contributed by atoms with E-state index >= 15 is 0 Å². The van der Waals surface area contributed by atoms with Crippen LogP contribution in [0.25, 0.3) is 0 Å². The van der Waals surface area contributed by atoms with Crippen molar-refractivity contribution in [3.8, 4) is 0 Å². The molecule has 1 aromatic rings. The zero-order chi connectivity index (χ0) is 13.9. The van der Waals surface area contributed by atoms with E-state index < -0.39 is 0 Å². The minimum atomic E-state index is 0.556. The molecule has 0 aliphatic rings. The second kappa shape index (κ2) is 10.3. The third-order valence-electron chi connectivity index (χ3n) is 3.49. The second-order valence-corrected chi connectivity index (χ2v) is 5.97. The molecule has 0 amide bonds. The Bertz CT molecular complexity index is 321. The average molecular weight is 283 g/mol. The Kier molecular flexibility index (Phi) is 9.01. The van der Waals surface area contributed by atoms with Crippen molar-refractivity contribution in [3.63, 3.8) is 0 Å². The average Bonchev–Trinajstić information content (AvgIpc) is 2.88. The summed E-state index contributed by atoms with van der Waals surface area (Å²) >= 11 is 1.94. The van der Waals surface area contributed by atoms with Crippen LogP contribution in [0.4, 0.5) is 0 Å². The minimum Gasteiger partial charge on any atom is -0.311 e. The highest BCUT2D eigenvalue weighted by Gasteiger charge is 2.07. The first-order valence-corrected chi connectivity index (χ1v) is 8.94. The highest BCUT2D eigenvalue weighted by atomic mass is 32.2. The first-order valence-electron chi connectivity index (χ1n) is 7.55. The van der Waals surface area contributed by atoms with Gasteiger partial charge in [0, 0.05) is 12.7 Å². The van der Waals surface area contributed by atoms with Gasteiger partial charge in [-0.1, -0.05) is 20.3 Å². The molecule has 1 heterocycles. The third kappa shape index (κ3) is 6.48. The van der Waals surface area contributed by atoms with Crippen LogP contribution in [0.1, 0.15) is 57.7 Å². The van der Waals surface area contributed by atoms with Crippen LogP contribution < -0.4 is 5.32 Å². The topological polar surface area (TPSA) is 29.9 Å². The van der Waals surface area contributed by atoms with Crippen molar-refractivity contribution >= 4 is 11.8 Å². The Morgan fingerprint density at radius 1 is 1.26 bits per heavy atom. The van der Waals surface area contributed by atoms with E-state index in [2.05, 4.69) is 47.5 Å². The molecule has 0 aromatic carbocycles. The molecule has 0 aliphatic heterocycles. The highest BCUT2D eigenvalue weighted by molar-refractivity contribution is 7.98. The molecule has 4 heteroatoms.